The van der Waals surface area contributed by atoms with Crippen molar-refractivity contribution in [2.45, 2.75) is 31.4 Å². The average molecular weight is 291 g/mol. The van der Waals surface area contributed by atoms with E-state index in [9.17, 15) is 9.18 Å². The van der Waals surface area contributed by atoms with E-state index in [1.165, 1.54) is 18.2 Å². The van der Waals surface area contributed by atoms with Gasteiger partial charge in [-0.05, 0) is 31.0 Å². The molecule has 0 aliphatic heterocycles. The Morgan fingerprint density at radius 2 is 2.29 bits per heavy atom. The van der Waals surface area contributed by atoms with Crippen LogP contribution >= 0.6 is 0 Å². The maximum absolute atomic E-state index is 13.4. The molecule has 21 heavy (non-hydrogen) atoms. The molecule has 2 N–H and O–H groups in total. The van der Waals surface area contributed by atoms with Crippen LogP contribution in [0.4, 0.5) is 4.39 Å². The predicted molar refractivity (Wildman–Crippen MR) is 76.3 cm³/mol. The number of methoxy groups -OCH3 is 1. The third-order valence-corrected chi connectivity index (χ3v) is 3.45. The van der Waals surface area contributed by atoms with Crippen molar-refractivity contribution in [2.75, 3.05) is 13.7 Å². The quantitative estimate of drug-likeness (QED) is 0.826. The SMILES string of the molecule is COC1CC(NC(=O)c2cc(F)ccc2C#CCCO)C1. The highest BCUT2D eigenvalue weighted by atomic mass is 19.1. The lowest BCUT2D eigenvalue weighted by Crippen LogP contribution is -2.47. The maximum atomic E-state index is 13.4. The molecule has 1 fully saturated rings. The Kier molecular flexibility index (Phi) is 5.32. The molecule has 1 aliphatic carbocycles. The molecule has 4 nitrogen and oxygen atoms in total. The smallest absolute Gasteiger partial charge is 0.252 e. The first-order valence-corrected chi connectivity index (χ1v) is 6.87. The van der Waals surface area contributed by atoms with Gasteiger partial charge in [0.1, 0.15) is 5.82 Å². The maximum Gasteiger partial charge on any atom is 0.252 e. The number of rotatable bonds is 4. The van der Waals surface area contributed by atoms with Gasteiger partial charge < -0.3 is 15.2 Å². The minimum atomic E-state index is -0.476. The van der Waals surface area contributed by atoms with Gasteiger partial charge in [0.2, 0.25) is 0 Å². The number of benzene rings is 1. The molecular weight excluding hydrogens is 273 g/mol. The summed E-state index contributed by atoms with van der Waals surface area (Å²) in [6.45, 7) is -0.0454. The highest BCUT2D eigenvalue weighted by Crippen LogP contribution is 2.23. The number of aliphatic hydroxyl groups excluding tert-OH is 1. The van der Waals surface area contributed by atoms with Crippen LogP contribution in [0.1, 0.15) is 35.2 Å². The molecule has 0 heterocycles. The molecule has 0 atom stereocenters. The second kappa shape index (κ2) is 7.21. The summed E-state index contributed by atoms with van der Waals surface area (Å²) in [7, 11) is 1.64. The van der Waals surface area contributed by atoms with E-state index in [2.05, 4.69) is 17.2 Å². The first-order chi connectivity index (χ1) is 10.1. The van der Waals surface area contributed by atoms with Crippen LogP contribution in [-0.4, -0.2) is 36.9 Å². The van der Waals surface area contributed by atoms with Gasteiger partial charge in [-0.25, -0.2) is 4.39 Å². The molecule has 0 bridgehead atoms. The lowest BCUT2D eigenvalue weighted by molar-refractivity contribution is 0.0176. The molecule has 1 aliphatic rings. The summed E-state index contributed by atoms with van der Waals surface area (Å²) < 4.78 is 18.5. The van der Waals surface area contributed by atoms with Crippen molar-refractivity contribution in [3.63, 3.8) is 0 Å². The van der Waals surface area contributed by atoms with Gasteiger partial charge in [0, 0.05) is 25.1 Å². The fourth-order valence-corrected chi connectivity index (χ4v) is 2.17. The van der Waals surface area contributed by atoms with E-state index in [0.29, 0.717) is 12.0 Å². The van der Waals surface area contributed by atoms with Gasteiger partial charge in [-0.2, -0.15) is 0 Å². The number of aliphatic hydroxyl groups is 1. The number of hydrogen-bond donors (Lipinski definition) is 2. The highest BCUT2D eigenvalue weighted by Gasteiger charge is 2.30. The lowest BCUT2D eigenvalue weighted by Gasteiger charge is -2.34. The number of amides is 1. The molecule has 1 aromatic rings. The normalized spacial score (nSPS) is 20.1. The van der Waals surface area contributed by atoms with E-state index in [0.717, 1.165) is 12.8 Å². The Hall–Kier alpha value is -1.90. The van der Waals surface area contributed by atoms with Crippen LogP contribution in [0.25, 0.3) is 0 Å². The van der Waals surface area contributed by atoms with Crippen LogP contribution in [0.2, 0.25) is 0 Å². The highest BCUT2D eigenvalue weighted by molar-refractivity contribution is 5.97. The van der Waals surface area contributed by atoms with Crippen molar-refractivity contribution >= 4 is 5.91 Å². The standard InChI is InChI=1S/C16H18FNO3/c1-21-14-9-13(10-14)18-16(20)15-8-12(17)6-5-11(15)4-2-3-7-19/h5-6,8,13-14,19H,3,7,9-10H2,1H3,(H,18,20). The number of ether oxygens (including phenoxy) is 1. The largest absolute Gasteiger partial charge is 0.395 e. The fraction of sp³-hybridized carbons (Fsp3) is 0.438. The summed E-state index contributed by atoms with van der Waals surface area (Å²) in [5.41, 5.74) is 0.686. The molecule has 1 aromatic carbocycles. The molecule has 1 saturated carbocycles. The predicted octanol–water partition coefficient (Wildman–Crippen LogP) is 1.47. The third-order valence-electron chi connectivity index (χ3n) is 3.45. The van der Waals surface area contributed by atoms with Crippen LogP contribution in [-0.2, 0) is 4.74 Å². The van der Waals surface area contributed by atoms with Crippen LogP contribution < -0.4 is 5.32 Å². The second-order valence-electron chi connectivity index (χ2n) is 4.96. The van der Waals surface area contributed by atoms with Crippen molar-refractivity contribution < 1.29 is 19.0 Å². The van der Waals surface area contributed by atoms with E-state index in [4.69, 9.17) is 9.84 Å². The molecule has 0 saturated heterocycles. The van der Waals surface area contributed by atoms with Crippen LogP contribution in [0.5, 0.6) is 0 Å². The molecule has 0 spiro atoms. The first kappa shape index (κ1) is 15.5. The van der Waals surface area contributed by atoms with Gasteiger partial charge in [-0.15, -0.1) is 0 Å². The average Bonchev–Trinajstić information content (AvgIpc) is 2.43. The summed E-state index contributed by atoms with van der Waals surface area (Å²) in [5.74, 6) is 4.72. The zero-order valence-corrected chi connectivity index (χ0v) is 11.9. The number of carbonyl (C=O) groups is 1. The topological polar surface area (TPSA) is 58.6 Å². The summed E-state index contributed by atoms with van der Waals surface area (Å²) in [4.78, 5) is 12.2. The third kappa shape index (κ3) is 4.03. The first-order valence-electron chi connectivity index (χ1n) is 6.87. The zero-order chi connectivity index (χ0) is 15.2. The Morgan fingerprint density at radius 1 is 1.52 bits per heavy atom. The molecular formula is C16H18FNO3. The van der Waals surface area contributed by atoms with Gasteiger partial charge in [0.05, 0.1) is 18.3 Å². The van der Waals surface area contributed by atoms with Gasteiger partial charge in [0.25, 0.3) is 5.91 Å². The van der Waals surface area contributed by atoms with Gasteiger partial charge in [-0.3, -0.25) is 4.79 Å². The van der Waals surface area contributed by atoms with Crippen LogP contribution in [0, 0.1) is 17.7 Å². The molecule has 0 radical (unpaired) electrons. The van der Waals surface area contributed by atoms with E-state index in [1.807, 2.05) is 0 Å². The number of halogens is 1. The minimum Gasteiger partial charge on any atom is -0.395 e. The molecule has 0 unspecified atom stereocenters. The Bertz CT molecular complexity index is 571. The van der Waals surface area contributed by atoms with Crippen molar-refractivity contribution in [2.24, 2.45) is 0 Å². The molecule has 2 rings (SSSR count). The molecule has 0 aromatic heterocycles. The Labute approximate surface area is 123 Å². The lowest BCUT2D eigenvalue weighted by atomic mass is 9.89. The zero-order valence-electron chi connectivity index (χ0n) is 11.9. The van der Waals surface area contributed by atoms with Crippen molar-refractivity contribution in [1.82, 2.24) is 5.32 Å². The van der Waals surface area contributed by atoms with Crippen LogP contribution in [0.3, 0.4) is 0 Å². The van der Waals surface area contributed by atoms with Gasteiger partial charge in [0.15, 0.2) is 0 Å². The summed E-state index contributed by atoms with van der Waals surface area (Å²) in [6, 6.07) is 3.99. The van der Waals surface area contributed by atoms with Crippen molar-refractivity contribution in [3.8, 4) is 11.8 Å². The molecule has 112 valence electrons. The number of nitrogens with one attached hydrogen (secondary N) is 1. The van der Waals surface area contributed by atoms with Gasteiger partial charge in [-0.1, -0.05) is 11.8 Å². The Balaban J connectivity index is 2.08. The molecule has 5 heteroatoms. The van der Waals surface area contributed by atoms with E-state index < -0.39 is 5.82 Å². The van der Waals surface area contributed by atoms with Crippen molar-refractivity contribution in [1.29, 1.82) is 0 Å². The van der Waals surface area contributed by atoms with E-state index >= 15 is 0 Å². The monoisotopic (exact) mass is 291 g/mol. The Morgan fingerprint density at radius 3 is 2.95 bits per heavy atom. The van der Waals surface area contributed by atoms with Gasteiger partial charge >= 0.3 is 0 Å². The van der Waals surface area contributed by atoms with E-state index in [1.54, 1.807) is 7.11 Å². The summed E-state index contributed by atoms with van der Waals surface area (Å²) >= 11 is 0. The van der Waals surface area contributed by atoms with Crippen LogP contribution in [0.15, 0.2) is 18.2 Å². The summed E-state index contributed by atoms with van der Waals surface area (Å²) in [5, 5.41) is 11.6. The molecule has 1 amide bonds. The number of carbonyl (C=O) groups excluding carboxylic acids is 1. The summed E-state index contributed by atoms with van der Waals surface area (Å²) in [6.07, 6.45) is 2.04. The second-order valence-corrected chi connectivity index (χ2v) is 4.96. The minimum absolute atomic E-state index is 0.0454. The van der Waals surface area contributed by atoms with Crippen molar-refractivity contribution in [3.05, 3.63) is 35.1 Å². The van der Waals surface area contributed by atoms with E-state index in [-0.39, 0.29) is 30.2 Å². The number of hydrogen-bond acceptors (Lipinski definition) is 3. The fourth-order valence-electron chi connectivity index (χ4n) is 2.17.